The molecule has 1 N–H and O–H groups in total. The summed E-state index contributed by atoms with van der Waals surface area (Å²) in [4.78, 5) is 16.1. The lowest BCUT2D eigenvalue weighted by atomic mass is 9.88. The minimum atomic E-state index is 0.251. The number of carbonyl (C=O) groups excluding carboxylic acids is 1. The van der Waals surface area contributed by atoms with Crippen LogP contribution in [0.1, 0.15) is 31.2 Å². The maximum absolute atomic E-state index is 12.1. The van der Waals surface area contributed by atoms with Gasteiger partial charge in [-0.1, -0.05) is 12.5 Å². The molecule has 1 heterocycles. The lowest BCUT2D eigenvalue weighted by Crippen LogP contribution is -2.33. The Morgan fingerprint density at radius 3 is 3.00 bits per heavy atom. The number of amides is 1. The van der Waals surface area contributed by atoms with Crippen molar-refractivity contribution in [2.24, 2.45) is 17.8 Å². The Labute approximate surface area is 102 Å². The van der Waals surface area contributed by atoms with Crippen molar-refractivity contribution in [2.75, 3.05) is 0 Å². The molecule has 1 aromatic heterocycles. The van der Waals surface area contributed by atoms with Crippen LogP contribution in [0, 0.1) is 17.8 Å². The van der Waals surface area contributed by atoms with Gasteiger partial charge in [-0.3, -0.25) is 9.78 Å². The maximum Gasteiger partial charge on any atom is 0.223 e. The molecule has 0 aliphatic heterocycles. The number of nitrogens with zero attached hydrogens (tertiary/aromatic N) is 1. The molecule has 2 bridgehead atoms. The van der Waals surface area contributed by atoms with Gasteiger partial charge < -0.3 is 5.32 Å². The van der Waals surface area contributed by atoms with Crippen LogP contribution in [-0.4, -0.2) is 10.9 Å². The van der Waals surface area contributed by atoms with Crippen LogP contribution >= 0.6 is 0 Å². The van der Waals surface area contributed by atoms with E-state index in [-0.39, 0.29) is 11.8 Å². The van der Waals surface area contributed by atoms with Gasteiger partial charge in [-0.25, -0.2) is 0 Å². The van der Waals surface area contributed by atoms with Crippen LogP contribution in [0.5, 0.6) is 0 Å². The second-order valence-electron chi connectivity index (χ2n) is 5.36. The fourth-order valence-corrected chi connectivity index (χ4v) is 3.39. The normalized spacial score (nSPS) is 30.5. The first kappa shape index (κ1) is 10.8. The van der Waals surface area contributed by atoms with E-state index in [1.165, 1.54) is 19.3 Å². The van der Waals surface area contributed by atoms with Gasteiger partial charge in [0.1, 0.15) is 0 Å². The summed E-state index contributed by atoms with van der Waals surface area (Å²) < 4.78 is 0. The molecule has 3 rings (SSSR count). The van der Waals surface area contributed by atoms with Crippen molar-refractivity contribution in [3.8, 4) is 0 Å². The summed E-state index contributed by atoms with van der Waals surface area (Å²) in [5.74, 6) is 2.02. The highest BCUT2D eigenvalue weighted by Crippen LogP contribution is 2.48. The van der Waals surface area contributed by atoms with Crippen molar-refractivity contribution in [3.05, 3.63) is 30.1 Å². The third kappa shape index (κ3) is 2.19. The number of pyridine rings is 1. The Morgan fingerprint density at radius 1 is 1.41 bits per heavy atom. The summed E-state index contributed by atoms with van der Waals surface area (Å²) in [7, 11) is 0. The van der Waals surface area contributed by atoms with Crippen molar-refractivity contribution >= 4 is 5.91 Å². The van der Waals surface area contributed by atoms with E-state index >= 15 is 0 Å². The highest BCUT2D eigenvalue weighted by atomic mass is 16.1. The lowest BCUT2D eigenvalue weighted by Gasteiger charge is -2.20. The lowest BCUT2D eigenvalue weighted by molar-refractivity contribution is -0.126. The number of carbonyl (C=O) groups is 1. The van der Waals surface area contributed by atoms with E-state index in [9.17, 15) is 4.79 Å². The molecule has 2 fully saturated rings. The quantitative estimate of drug-likeness (QED) is 0.864. The summed E-state index contributed by atoms with van der Waals surface area (Å²) in [6, 6.07) is 3.90. The molecule has 3 heteroatoms. The smallest absolute Gasteiger partial charge is 0.223 e. The summed E-state index contributed by atoms with van der Waals surface area (Å²) in [5.41, 5.74) is 1.07. The first-order valence-electron chi connectivity index (χ1n) is 6.49. The van der Waals surface area contributed by atoms with Crippen LogP contribution in [0.3, 0.4) is 0 Å². The number of fused-ring (bicyclic) bond motifs is 2. The van der Waals surface area contributed by atoms with Gasteiger partial charge in [-0.2, -0.15) is 0 Å². The molecule has 3 nitrogen and oxygen atoms in total. The molecule has 90 valence electrons. The van der Waals surface area contributed by atoms with E-state index in [4.69, 9.17) is 0 Å². The predicted octanol–water partition coefficient (Wildman–Crippen LogP) is 2.13. The molecule has 0 radical (unpaired) electrons. The summed E-state index contributed by atoms with van der Waals surface area (Å²) in [6.45, 7) is 0.612. The first-order valence-corrected chi connectivity index (χ1v) is 6.49. The second-order valence-corrected chi connectivity index (χ2v) is 5.36. The van der Waals surface area contributed by atoms with Crippen molar-refractivity contribution in [1.29, 1.82) is 0 Å². The van der Waals surface area contributed by atoms with Gasteiger partial charge in [-0.05, 0) is 42.7 Å². The monoisotopic (exact) mass is 230 g/mol. The summed E-state index contributed by atoms with van der Waals surface area (Å²) in [6.07, 6.45) is 8.56. The van der Waals surface area contributed by atoms with Gasteiger partial charge in [0.15, 0.2) is 0 Å². The van der Waals surface area contributed by atoms with Crippen LogP contribution < -0.4 is 5.32 Å². The van der Waals surface area contributed by atoms with Crippen LogP contribution in [-0.2, 0) is 11.3 Å². The average molecular weight is 230 g/mol. The van der Waals surface area contributed by atoms with Gasteiger partial charge >= 0.3 is 0 Å². The zero-order valence-electron chi connectivity index (χ0n) is 9.93. The molecular weight excluding hydrogens is 212 g/mol. The molecule has 1 aromatic rings. The molecular formula is C14H18N2O. The standard InChI is InChI=1S/C14H18N2O/c17-14(13-7-10-3-4-12(13)6-10)16-9-11-2-1-5-15-8-11/h1-2,5,8,10,12-13H,3-4,6-7,9H2,(H,16,17)/t10-,12+,13+/m0/s1. The van der Waals surface area contributed by atoms with Crippen LogP contribution in [0.15, 0.2) is 24.5 Å². The predicted molar refractivity (Wildman–Crippen MR) is 65.0 cm³/mol. The summed E-state index contributed by atoms with van der Waals surface area (Å²) >= 11 is 0. The highest BCUT2D eigenvalue weighted by Gasteiger charge is 2.42. The number of hydrogen-bond acceptors (Lipinski definition) is 2. The van der Waals surface area contributed by atoms with E-state index in [2.05, 4.69) is 10.3 Å². The van der Waals surface area contributed by atoms with E-state index in [1.54, 1.807) is 12.4 Å². The fraction of sp³-hybridized carbons (Fsp3) is 0.571. The number of hydrogen-bond donors (Lipinski definition) is 1. The molecule has 1 amide bonds. The molecule has 2 saturated carbocycles. The minimum absolute atomic E-state index is 0.251. The summed E-state index contributed by atoms with van der Waals surface area (Å²) in [5, 5.41) is 3.05. The maximum atomic E-state index is 12.1. The van der Waals surface area contributed by atoms with Crippen molar-refractivity contribution in [2.45, 2.75) is 32.2 Å². The highest BCUT2D eigenvalue weighted by molar-refractivity contribution is 5.79. The Morgan fingerprint density at radius 2 is 2.35 bits per heavy atom. The SMILES string of the molecule is O=C(NCc1cccnc1)[C@@H]1C[C@H]2CC[C@@H]1C2. The molecule has 3 atom stereocenters. The van der Waals surface area contributed by atoms with E-state index in [1.807, 2.05) is 12.1 Å². The van der Waals surface area contributed by atoms with Gasteiger partial charge in [0.05, 0.1) is 0 Å². The molecule has 0 spiro atoms. The van der Waals surface area contributed by atoms with Crippen molar-refractivity contribution < 1.29 is 4.79 Å². The third-order valence-electron chi connectivity index (χ3n) is 4.26. The van der Waals surface area contributed by atoms with E-state index in [0.717, 1.165) is 17.9 Å². The van der Waals surface area contributed by atoms with E-state index in [0.29, 0.717) is 12.5 Å². The zero-order chi connectivity index (χ0) is 11.7. The molecule has 0 unspecified atom stereocenters. The molecule has 0 saturated heterocycles. The number of aromatic nitrogens is 1. The van der Waals surface area contributed by atoms with Crippen molar-refractivity contribution in [1.82, 2.24) is 10.3 Å². The first-order chi connectivity index (χ1) is 8.33. The van der Waals surface area contributed by atoms with Gasteiger partial charge in [0.25, 0.3) is 0 Å². The van der Waals surface area contributed by atoms with Crippen molar-refractivity contribution in [3.63, 3.8) is 0 Å². The fourth-order valence-electron chi connectivity index (χ4n) is 3.39. The van der Waals surface area contributed by atoms with Crippen LogP contribution in [0.25, 0.3) is 0 Å². The van der Waals surface area contributed by atoms with Crippen LogP contribution in [0.2, 0.25) is 0 Å². The average Bonchev–Trinajstić information content (AvgIpc) is 2.99. The molecule has 2 aliphatic carbocycles. The Hall–Kier alpha value is -1.38. The van der Waals surface area contributed by atoms with Crippen LogP contribution in [0.4, 0.5) is 0 Å². The van der Waals surface area contributed by atoms with Gasteiger partial charge in [0, 0.05) is 24.9 Å². The largest absolute Gasteiger partial charge is 0.352 e. The number of rotatable bonds is 3. The minimum Gasteiger partial charge on any atom is -0.352 e. The topological polar surface area (TPSA) is 42.0 Å². The van der Waals surface area contributed by atoms with Gasteiger partial charge in [-0.15, -0.1) is 0 Å². The zero-order valence-corrected chi connectivity index (χ0v) is 9.93. The second kappa shape index (κ2) is 4.47. The third-order valence-corrected chi connectivity index (χ3v) is 4.26. The van der Waals surface area contributed by atoms with E-state index < -0.39 is 0 Å². The molecule has 2 aliphatic rings. The Kier molecular flexibility index (Phi) is 2.83. The Bertz CT molecular complexity index is 404. The Balaban J connectivity index is 1.54. The number of nitrogens with one attached hydrogen (secondary N) is 1. The molecule has 17 heavy (non-hydrogen) atoms. The van der Waals surface area contributed by atoms with Gasteiger partial charge in [0.2, 0.25) is 5.91 Å². The molecule has 0 aromatic carbocycles.